The van der Waals surface area contributed by atoms with E-state index in [1.165, 1.54) is 6.07 Å². The highest BCUT2D eigenvalue weighted by molar-refractivity contribution is 5.22. The van der Waals surface area contributed by atoms with Crippen LogP contribution in [0.2, 0.25) is 0 Å². The first-order valence-corrected chi connectivity index (χ1v) is 6.54. The maximum Gasteiger partial charge on any atom is 0.223 e. The van der Waals surface area contributed by atoms with Gasteiger partial charge in [-0.25, -0.2) is 0 Å². The molecule has 0 radical (unpaired) electrons. The lowest BCUT2D eigenvalue weighted by Crippen LogP contribution is -2.26. The lowest BCUT2D eigenvalue weighted by molar-refractivity contribution is 0.315. The molecular weight excluding hydrogens is 240 g/mol. The van der Waals surface area contributed by atoms with Crippen LogP contribution in [-0.2, 0) is 6.54 Å². The second kappa shape index (κ2) is 5.89. The van der Waals surface area contributed by atoms with Crippen molar-refractivity contribution in [2.75, 3.05) is 13.1 Å². The van der Waals surface area contributed by atoms with E-state index in [9.17, 15) is 9.90 Å². The highest BCUT2D eigenvalue weighted by Gasteiger charge is 2.25. The Morgan fingerprint density at radius 2 is 2.00 bits per heavy atom. The van der Waals surface area contributed by atoms with Crippen LogP contribution in [0.4, 0.5) is 0 Å². The Morgan fingerprint density at radius 1 is 1.37 bits per heavy atom. The van der Waals surface area contributed by atoms with Gasteiger partial charge in [-0.1, -0.05) is 12.2 Å². The first kappa shape index (κ1) is 13.6. The highest BCUT2D eigenvalue weighted by Crippen LogP contribution is 2.36. The normalized spacial score (nSPS) is 14.6. The molecule has 0 spiro atoms. The van der Waals surface area contributed by atoms with E-state index in [0.29, 0.717) is 12.6 Å². The summed E-state index contributed by atoms with van der Waals surface area (Å²) >= 11 is 0. The van der Waals surface area contributed by atoms with Gasteiger partial charge in [-0.3, -0.25) is 9.69 Å². The molecule has 102 valence electrons. The lowest BCUT2D eigenvalue weighted by Gasteiger charge is -2.21. The van der Waals surface area contributed by atoms with Crippen LogP contribution in [0, 0.1) is 0 Å². The molecule has 1 saturated carbocycles. The Balaban J connectivity index is 2.26. The summed E-state index contributed by atoms with van der Waals surface area (Å²) in [6.45, 7) is 9.62. The van der Waals surface area contributed by atoms with E-state index in [4.69, 9.17) is 0 Å². The predicted molar refractivity (Wildman–Crippen MR) is 76.3 cm³/mol. The maximum absolute atomic E-state index is 11.6. The molecule has 0 amide bonds. The topological polar surface area (TPSA) is 45.5 Å². The number of hydrogen-bond donors (Lipinski definition) is 1. The van der Waals surface area contributed by atoms with Crippen LogP contribution in [0.3, 0.4) is 0 Å². The molecule has 2 rings (SSSR count). The van der Waals surface area contributed by atoms with Crippen molar-refractivity contribution < 1.29 is 5.11 Å². The van der Waals surface area contributed by atoms with E-state index in [1.54, 1.807) is 6.20 Å². The average molecular weight is 260 g/mol. The van der Waals surface area contributed by atoms with Crippen LogP contribution >= 0.6 is 0 Å². The van der Waals surface area contributed by atoms with E-state index < -0.39 is 0 Å². The van der Waals surface area contributed by atoms with Gasteiger partial charge < -0.3 is 9.67 Å². The van der Waals surface area contributed by atoms with Gasteiger partial charge in [0.25, 0.3) is 0 Å². The van der Waals surface area contributed by atoms with Gasteiger partial charge in [-0.15, -0.1) is 13.2 Å². The van der Waals surface area contributed by atoms with Gasteiger partial charge in [0, 0.05) is 37.4 Å². The first-order valence-electron chi connectivity index (χ1n) is 6.54. The number of aromatic nitrogens is 1. The fourth-order valence-electron chi connectivity index (χ4n) is 2.20. The fraction of sp³-hybridized carbons (Fsp3) is 0.400. The molecule has 0 bridgehead atoms. The molecule has 0 saturated heterocycles. The van der Waals surface area contributed by atoms with Crippen molar-refractivity contribution in [3.63, 3.8) is 0 Å². The van der Waals surface area contributed by atoms with E-state index in [0.717, 1.165) is 31.6 Å². The minimum Gasteiger partial charge on any atom is -0.503 e. The van der Waals surface area contributed by atoms with Crippen LogP contribution in [0.5, 0.6) is 5.75 Å². The van der Waals surface area contributed by atoms with E-state index >= 15 is 0 Å². The molecule has 1 aliphatic carbocycles. The van der Waals surface area contributed by atoms with Crippen LogP contribution in [0.25, 0.3) is 0 Å². The molecule has 0 atom stereocenters. The summed E-state index contributed by atoms with van der Waals surface area (Å²) in [6.07, 6.45) is 7.46. The molecule has 1 fully saturated rings. The molecule has 1 aromatic heterocycles. The summed E-state index contributed by atoms with van der Waals surface area (Å²) in [7, 11) is 0. The quantitative estimate of drug-likeness (QED) is 0.763. The van der Waals surface area contributed by atoms with Crippen molar-refractivity contribution in [3.8, 4) is 5.75 Å². The summed E-state index contributed by atoms with van der Waals surface area (Å²) in [4.78, 5) is 13.8. The van der Waals surface area contributed by atoms with Crippen molar-refractivity contribution in [1.82, 2.24) is 9.47 Å². The molecule has 0 aliphatic heterocycles. The molecule has 4 heteroatoms. The third-order valence-corrected chi connectivity index (χ3v) is 3.24. The molecule has 1 aromatic rings. The van der Waals surface area contributed by atoms with Gasteiger partial charge in [0.1, 0.15) is 0 Å². The molecule has 0 aromatic carbocycles. The van der Waals surface area contributed by atoms with Gasteiger partial charge in [-0.2, -0.15) is 0 Å². The van der Waals surface area contributed by atoms with Crippen molar-refractivity contribution in [2.24, 2.45) is 0 Å². The van der Waals surface area contributed by atoms with E-state index in [2.05, 4.69) is 18.1 Å². The third kappa shape index (κ3) is 3.35. The molecule has 1 aliphatic rings. The van der Waals surface area contributed by atoms with Crippen molar-refractivity contribution in [2.45, 2.75) is 25.4 Å². The van der Waals surface area contributed by atoms with Crippen molar-refractivity contribution >= 4 is 0 Å². The van der Waals surface area contributed by atoms with Crippen molar-refractivity contribution in [3.05, 3.63) is 53.5 Å². The number of aromatic hydroxyl groups is 1. The number of pyridine rings is 1. The van der Waals surface area contributed by atoms with Gasteiger partial charge in [0.2, 0.25) is 5.43 Å². The third-order valence-electron chi connectivity index (χ3n) is 3.24. The minimum absolute atomic E-state index is 0.172. The van der Waals surface area contributed by atoms with Crippen LogP contribution in [0.1, 0.15) is 24.6 Å². The van der Waals surface area contributed by atoms with Crippen molar-refractivity contribution in [1.29, 1.82) is 0 Å². The molecule has 19 heavy (non-hydrogen) atoms. The number of nitrogens with zero attached hydrogens (tertiary/aromatic N) is 2. The second-order valence-electron chi connectivity index (χ2n) is 4.92. The molecule has 1 heterocycles. The van der Waals surface area contributed by atoms with Crippen LogP contribution in [-0.4, -0.2) is 27.7 Å². The maximum atomic E-state index is 11.6. The average Bonchev–Trinajstić information content (AvgIpc) is 3.18. The first-order chi connectivity index (χ1) is 9.15. The Hall–Kier alpha value is -1.81. The summed E-state index contributed by atoms with van der Waals surface area (Å²) < 4.78 is 2.02. The Labute approximate surface area is 113 Å². The van der Waals surface area contributed by atoms with Gasteiger partial charge in [0.05, 0.1) is 6.20 Å². The zero-order valence-electron chi connectivity index (χ0n) is 11.1. The second-order valence-corrected chi connectivity index (χ2v) is 4.92. The Kier molecular flexibility index (Phi) is 4.22. The molecule has 4 nitrogen and oxygen atoms in total. The molecular formula is C15H20N2O2. The van der Waals surface area contributed by atoms with Gasteiger partial charge >= 0.3 is 0 Å². The predicted octanol–water partition coefficient (Wildman–Crippen LogP) is 2.06. The van der Waals surface area contributed by atoms with Gasteiger partial charge in [-0.05, 0) is 12.8 Å². The summed E-state index contributed by atoms with van der Waals surface area (Å²) in [5.74, 6) is -0.172. The van der Waals surface area contributed by atoms with Crippen LogP contribution in [0.15, 0.2) is 42.4 Å². The fourth-order valence-corrected chi connectivity index (χ4v) is 2.20. The largest absolute Gasteiger partial charge is 0.503 e. The number of hydrogen-bond acceptors (Lipinski definition) is 3. The van der Waals surface area contributed by atoms with Gasteiger partial charge in [0.15, 0.2) is 5.75 Å². The Bertz CT molecular complexity index is 519. The van der Waals surface area contributed by atoms with E-state index in [1.807, 2.05) is 16.7 Å². The number of rotatable bonds is 7. The smallest absolute Gasteiger partial charge is 0.223 e. The van der Waals surface area contributed by atoms with Crippen LogP contribution < -0.4 is 5.43 Å². The monoisotopic (exact) mass is 260 g/mol. The summed E-state index contributed by atoms with van der Waals surface area (Å²) in [5.41, 5.74) is 0.623. The minimum atomic E-state index is -0.316. The Morgan fingerprint density at radius 3 is 2.53 bits per heavy atom. The zero-order valence-corrected chi connectivity index (χ0v) is 11.1. The standard InChI is InChI=1S/C15H20N2O2/c1-3-7-16(8-4-2)10-13-9-14(18)15(19)11-17(13)12-5-6-12/h3-4,9,11-12,19H,1-2,5-8,10H2. The summed E-state index contributed by atoms with van der Waals surface area (Å²) in [5, 5.41) is 9.56. The highest BCUT2D eigenvalue weighted by atomic mass is 16.3. The molecule has 0 unspecified atom stereocenters. The summed E-state index contributed by atoms with van der Waals surface area (Å²) in [6, 6.07) is 1.96. The SMILES string of the molecule is C=CCN(CC=C)Cc1cc(=O)c(O)cn1C1CC1. The lowest BCUT2D eigenvalue weighted by atomic mass is 10.2. The molecule has 1 N–H and O–H groups in total. The zero-order chi connectivity index (χ0) is 13.8. The van der Waals surface area contributed by atoms with E-state index in [-0.39, 0.29) is 11.2 Å².